The summed E-state index contributed by atoms with van der Waals surface area (Å²) in [5.74, 6) is 1.08. The number of nitrogens with one attached hydrogen (secondary N) is 1. The summed E-state index contributed by atoms with van der Waals surface area (Å²) in [4.78, 5) is 19.2. The van der Waals surface area contributed by atoms with E-state index in [0.717, 1.165) is 22.3 Å². The quantitative estimate of drug-likeness (QED) is 0.200. The Kier molecular flexibility index (Phi) is 8.53. The Morgan fingerprint density at radius 1 is 0.907 bits per heavy atom. The molecule has 0 saturated heterocycles. The number of rotatable bonds is 10. The molecular weight excluding hydrogens is 588 g/mol. The second-order valence-electron chi connectivity index (χ2n) is 9.55. The number of fused-ring (bicyclic) bond motifs is 1. The average Bonchev–Trinajstić information content (AvgIpc) is 3.36. The summed E-state index contributed by atoms with van der Waals surface area (Å²) in [5, 5.41) is 8.73. The lowest BCUT2D eigenvalue weighted by atomic mass is 9.98. The molecule has 0 aliphatic heterocycles. The molecule has 10 nitrogen and oxygen atoms in total. The van der Waals surface area contributed by atoms with Crippen LogP contribution in [0.15, 0.2) is 77.7 Å². The molecule has 1 amide bonds. The van der Waals surface area contributed by atoms with Crippen LogP contribution in [0, 0.1) is 0 Å². The van der Waals surface area contributed by atoms with Crippen LogP contribution >= 0.6 is 11.3 Å². The molecule has 0 unspecified atom stereocenters. The van der Waals surface area contributed by atoms with Crippen molar-refractivity contribution in [2.75, 3.05) is 33.6 Å². The molecule has 0 saturated carbocycles. The van der Waals surface area contributed by atoms with Crippen molar-refractivity contribution in [1.29, 1.82) is 0 Å². The molecule has 0 spiro atoms. The average molecular weight is 619 g/mol. The monoisotopic (exact) mass is 618 g/mol. The van der Waals surface area contributed by atoms with E-state index >= 15 is 0 Å². The number of anilines is 1. The zero-order valence-corrected chi connectivity index (χ0v) is 25.3. The minimum Gasteiger partial charge on any atom is -0.493 e. The van der Waals surface area contributed by atoms with Crippen molar-refractivity contribution in [3.63, 3.8) is 0 Å². The maximum atomic E-state index is 13.3. The van der Waals surface area contributed by atoms with Gasteiger partial charge in [0.2, 0.25) is 15.8 Å². The van der Waals surface area contributed by atoms with E-state index in [1.165, 1.54) is 23.5 Å². The van der Waals surface area contributed by atoms with Gasteiger partial charge in [-0.2, -0.15) is 0 Å². The lowest BCUT2D eigenvalue weighted by molar-refractivity contribution is 0.0959. The summed E-state index contributed by atoms with van der Waals surface area (Å²) in [7, 11) is 0.870. The Bertz CT molecular complexity index is 1880. The molecule has 0 bridgehead atoms. The van der Waals surface area contributed by atoms with Gasteiger partial charge in [0.05, 0.1) is 37.6 Å². The number of pyridine rings is 1. The molecule has 0 fully saturated rings. The standard InChI is InChI=1S/C31H30N4O6S2/c1-39-24-15-20(16-25(40-2)28(24)41-3)22-17-23(19-7-5-4-6-8-19)35-31-26(22)27(32)29(42-31)30(36)34-14-13-18-9-11-21(12-10-18)43(33,37)38/h4-12,15-17H,13-14,32H2,1-3H3,(H,34,36)(H2,33,37,38). The van der Waals surface area contributed by atoms with E-state index in [0.29, 0.717) is 56.7 Å². The van der Waals surface area contributed by atoms with Crippen LogP contribution in [0.3, 0.4) is 0 Å². The van der Waals surface area contributed by atoms with Crippen molar-refractivity contribution in [1.82, 2.24) is 10.3 Å². The third kappa shape index (κ3) is 6.12. The third-order valence-electron chi connectivity index (χ3n) is 6.90. The molecule has 0 radical (unpaired) electrons. The lowest BCUT2D eigenvalue weighted by Crippen LogP contribution is -2.25. The van der Waals surface area contributed by atoms with Crippen LogP contribution < -0.4 is 30.4 Å². The van der Waals surface area contributed by atoms with Crippen LogP contribution in [-0.4, -0.2) is 47.2 Å². The molecule has 0 aliphatic rings. The Morgan fingerprint density at radius 3 is 2.14 bits per heavy atom. The van der Waals surface area contributed by atoms with Crippen molar-refractivity contribution in [3.05, 3.63) is 83.2 Å². The van der Waals surface area contributed by atoms with Crippen molar-refractivity contribution >= 4 is 43.2 Å². The first-order valence-corrected chi connectivity index (χ1v) is 15.5. The maximum absolute atomic E-state index is 13.3. The topological polar surface area (TPSA) is 156 Å². The van der Waals surface area contributed by atoms with Gasteiger partial charge >= 0.3 is 0 Å². The van der Waals surface area contributed by atoms with Crippen LogP contribution in [0.1, 0.15) is 15.2 Å². The summed E-state index contributed by atoms with van der Waals surface area (Å²) in [6.45, 7) is 0.309. The zero-order valence-electron chi connectivity index (χ0n) is 23.7. The van der Waals surface area contributed by atoms with E-state index in [-0.39, 0.29) is 10.8 Å². The molecule has 12 heteroatoms. The predicted octanol–water partition coefficient (Wildman–Crippen LogP) is 4.86. The first kappa shape index (κ1) is 29.8. The highest BCUT2D eigenvalue weighted by Gasteiger charge is 2.23. The Labute approximate surface area is 253 Å². The van der Waals surface area contributed by atoms with Gasteiger partial charge in [-0.3, -0.25) is 4.79 Å². The fourth-order valence-electron chi connectivity index (χ4n) is 4.76. The number of hydrogen-bond donors (Lipinski definition) is 3. The third-order valence-corrected chi connectivity index (χ3v) is 8.93. The number of carbonyl (C=O) groups excluding carboxylic acids is 1. The van der Waals surface area contributed by atoms with Gasteiger partial charge in [-0.05, 0) is 53.4 Å². The molecular formula is C31H30N4O6S2. The van der Waals surface area contributed by atoms with Crippen molar-refractivity contribution in [2.45, 2.75) is 11.3 Å². The molecule has 43 heavy (non-hydrogen) atoms. The SMILES string of the molecule is COc1cc(-c2cc(-c3ccccc3)nc3sc(C(=O)NCCc4ccc(S(N)(=O)=O)cc4)c(N)c23)cc(OC)c1OC. The number of ether oxygens (including phenoxy) is 3. The fourth-order valence-corrected chi connectivity index (χ4v) is 6.31. The number of amides is 1. The second kappa shape index (κ2) is 12.3. The first-order valence-electron chi connectivity index (χ1n) is 13.1. The number of nitrogens with zero attached hydrogens (tertiary/aromatic N) is 1. The lowest BCUT2D eigenvalue weighted by Gasteiger charge is -2.15. The number of carbonyl (C=O) groups is 1. The largest absolute Gasteiger partial charge is 0.493 e. The smallest absolute Gasteiger partial charge is 0.263 e. The van der Waals surface area contributed by atoms with Gasteiger partial charge in [-0.1, -0.05) is 42.5 Å². The Balaban J connectivity index is 1.53. The highest BCUT2D eigenvalue weighted by molar-refractivity contribution is 7.89. The second-order valence-corrected chi connectivity index (χ2v) is 12.1. The molecule has 2 heterocycles. The molecule has 2 aromatic heterocycles. The molecule has 0 aliphatic carbocycles. The summed E-state index contributed by atoms with van der Waals surface area (Å²) >= 11 is 1.21. The molecule has 5 rings (SSSR count). The predicted molar refractivity (Wildman–Crippen MR) is 168 cm³/mol. The van der Waals surface area contributed by atoms with Crippen molar-refractivity contribution in [2.24, 2.45) is 5.14 Å². The van der Waals surface area contributed by atoms with Gasteiger partial charge in [0.1, 0.15) is 9.71 Å². The molecule has 222 valence electrons. The Morgan fingerprint density at radius 2 is 1.56 bits per heavy atom. The van der Waals surface area contributed by atoms with Gasteiger partial charge in [0.25, 0.3) is 5.91 Å². The number of aromatic nitrogens is 1. The van der Waals surface area contributed by atoms with Gasteiger partial charge in [0.15, 0.2) is 11.5 Å². The van der Waals surface area contributed by atoms with Crippen LogP contribution in [0.2, 0.25) is 0 Å². The molecule has 5 N–H and O–H groups in total. The number of sulfonamides is 1. The zero-order chi connectivity index (χ0) is 30.7. The fraction of sp³-hybridized carbons (Fsp3) is 0.161. The van der Waals surface area contributed by atoms with Crippen LogP contribution in [0.5, 0.6) is 17.2 Å². The van der Waals surface area contributed by atoms with Crippen molar-refractivity contribution in [3.8, 4) is 39.6 Å². The first-order chi connectivity index (χ1) is 20.6. The number of nitrogen functional groups attached to an aromatic ring is 1. The normalized spacial score (nSPS) is 11.3. The summed E-state index contributed by atoms with van der Waals surface area (Å²) in [6.07, 6.45) is 0.481. The molecule has 3 aromatic carbocycles. The number of nitrogens with two attached hydrogens (primary N) is 2. The summed E-state index contributed by atoms with van der Waals surface area (Å²) < 4.78 is 39.7. The molecule has 5 aromatic rings. The van der Waals surface area contributed by atoms with E-state index < -0.39 is 10.0 Å². The van der Waals surface area contributed by atoms with Crippen LogP contribution in [0.4, 0.5) is 5.69 Å². The van der Waals surface area contributed by atoms with Crippen LogP contribution in [-0.2, 0) is 16.4 Å². The van der Waals surface area contributed by atoms with Gasteiger partial charge < -0.3 is 25.3 Å². The maximum Gasteiger partial charge on any atom is 0.263 e. The van der Waals surface area contributed by atoms with Gasteiger partial charge in [0, 0.05) is 17.5 Å². The van der Waals surface area contributed by atoms with E-state index in [1.54, 1.807) is 33.5 Å². The van der Waals surface area contributed by atoms with E-state index in [2.05, 4.69) is 5.32 Å². The number of benzene rings is 3. The highest BCUT2D eigenvalue weighted by Crippen LogP contribution is 2.46. The van der Waals surface area contributed by atoms with Crippen molar-refractivity contribution < 1.29 is 27.4 Å². The minimum atomic E-state index is -3.77. The minimum absolute atomic E-state index is 0.0311. The number of methoxy groups -OCH3 is 3. The van der Waals surface area contributed by atoms with Gasteiger partial charge in [-0.25, -0.2) is 18.5 Å². The molecule has 0 atom stereocenters. The number of hydrogen-bond acceptors (Lipinski definition) is 9. The Hall–Kier alpha value is -4.65. The highest BCUT2D eigenvalue weighted by atomic mass is 32.2. The van der Waals surface area contributed by atoms with Gasteiger partial charge in [-0.15, -0.1) is 11.3 Å². The summed E-state index contributed by atoms with van der Waals surface area (Å²) in [5.41, 5.74) is 10.9. The van der Waals surface area contributed by atoms with E-state index in [1.807, 2.05) is 48.5 Å². The van der Waals surface area contributed by atoms with E-state index in [9.17, 15) is 13.2 Å². The summed E-state index contributed by atoms with van der Waals surface area (Å²) in [6, 6.07) is 21.6. The number of thiophene rings is 1. The van der Waals surface area contributed by atoms with E-state index in [4.69, 9.17) is 30.1 Å². The number of primary sulfonamides is 1. The van der Waals surface area contributed by atoms with Crippen LogP contribution in [0.25, 0.3) is 32.6 Å².